The molecule has 3 N–H and O–H groups in total. The van der Waals surface area contributed by atoms with Crippen LogP contribution in [0.4, 0.5) is 4.79 Å². The second-order valence-electron chi connectivity index (χ2n) is 7.60. The zero-order chi connectivity index (χ0) is 18.3. The highest BCUT2D eigenvalue weighted by atomic mass is 16.5. The van der Waals surface area contributed by atoms with E-state index < -0.39 is 0 Å². The van der Waals surface area contributed by atoms with E-state index in [1.54, 1.807) is 0 Å². The van der Waals surface area contributed by atoms with E-state index in [0.29, 0.717) is 25.7 Å². The number of aliphatic hydroxyl groups is 1. The highest BCUT2D eigenvalue weighted by molar-refractivity contribution is 5.74. The third kappa shape index (κ3) is 6.01. The fraction of sp³-hybridized carbons (Fsp3) is 0.650. The van der Waals surface area contributed by atoms with Crippen molar-refractivity contribution in [3.8, 4) is 0 Å². The van der Waals surface area contributed by atoms with Gasteiger partial charge >= 0.3 is 6.03 Å². The Balaban J connectivity index is 1.77. The minimum Gasteiger partial charge on any atom is -0.396 e. The van der Waals surface area contributed by atoms with Crippen molar-refractivity contribution >= 4 is 6.03 Å². The number of amides is 2. The molecule has 5 nitrogen and oxygen atoms in total. The predicted octanol–water partition coefficient (Wildman–Crippen LogP) is 2.83. The molecule has 0 saturated carbocycles. The second kappa shape index (κ2) is 9.20. The minimum absolute atomic E-state index is 0.0460. The van der Waals surface area contributed by atoms with Crippen LogP contribution < -0.4 is 10.6 Å². The lowest BCUT2D eigenvalue weighted by Gasteiger charge is -2.35. The molecule has 1 fully saturated rings. The lowest BCUT2D eigenvalue weighted by atomic mass is 9.81. The number of nitrogens with one attached hydrogen (secondary N) is 2. The molecule has 0 aliphatic carbocycles. The Labute approximate surface area is 151 Å². The number of hydrogen-bond acceptors (Lipinski definition) is 3. The summed E-state index contributed by atoms with van der Waals surface area (Å²) in [7, 11) is 0. The summed E-state index contributed by atoms with van der Waals surface area (Å²) >= 11 is 0. The number of benzene rings is 1. The van der Waals surface area contributed by atoms with Crippen LogP contribution in [-0.4, -0.2) is 43.5 Å². The van der Waals surface area contributed by atoms with Gasteiger partial charge in [0.15, 0.2) is 0 Å². The van der Waals surface area contributed by atoms with Crippen molar-refractivity contribution in [3.05, 3.63) is 35.4 Å². The Morgan fingerprint density at radius 1 is 1.20 bits per heavy atom. The summed E-state index contributed by atoms with van der Waals surface area (Å²) in [6.07, 6.45) is 2.36. The third-order valence-corrected chi connectivity index (χ3v) is 5.08. The summed E-state index contributed by atoms with van der Waals surface area (Å²) in [5.41, 5.74) is 2.30. The van der Waals surface area contributed by atoms with Crippen molar-refractivity contribution in [2.75, 3.05) is 26.4 Å². The SMILES string of the molecule is CC(Cc1ccc(C(C)C)cc1)NC(=O)NCC1(CO)CCOCC1. The van der Waals surface area contributed by atoms with Gasteiger partial charge in [-0.05, 0) is 43.2 Å². The van der Waals surface area contributed by atoms with Crippen molar-refractivity contribution in [2.24, 2.45) is 5.41 Å². The van der Waals surface area contributed by atoms with Gasteiger partial charge in [-0.15, -0.1) is 0 Å². The number of ether oxygens (including phenoxy) is 1. The first-order chi connectivity index (χ1) is 11.9. The molecule has 1 aromatic rings. The average Bonchev–Trinajstić information content (AvgIpc) is 2.61. The van der Waals surface area contributed by atoms with Crippen molar-refractivity contribution in [2.45, 2.75) is 52.0 Å². The molecule has 1 atom stereocenters. The van der Waals surface area contributed by atoms with E-state index in [1.807, 2.05) is 6.92 Å². The monoisotopic (exact) mass is 348 g/mol. The number of carbonyl (C=O) groups is 1. The first-order valence-corrected chi connectivity index (χ1v) is 9.26. The van der Waals surface area contributed by atoms with Gasteiger partial charge in [0.1, 0.15) is 0 Å². The fourth-order valence-electron chi connectivity index (χ4n) is 3.18. The molecule has 140 valence electrons. The molecule has 1 aliphatic rings. The topological polar surface area (TPSA) is 70.6 Å². The molecule has 1 saturated heterocycles. The first-order valence-electron chi connectivity index (χ1n) is 9.26. The highest BCUT2D eigenvalue weighted by Gasteiger charge is 2.32. The van der Waals surface area contributed by atoms with Crippen LogP contribution in [0.3, 0.4) is 0 Å². The molecule has 2 amide bonds. The van der Waals surface area contributed by atoms with Gasteiger partial charge in [-0.2, -0.15) is 0 Å². The van der Waals surface area contributed by atoms with Crippen LogP contribution >= 0.6 is 0 Å². The summed E-state index contributed by atoms with van der Waals surface area (Å²) < 4.78 is 5.35. The van der Waals surface area contributed by atoms with E-state index in [4.69, 9.17) is 4.74 Å². The van der Waals surface area contributed by atoms with Gasteiger partial charge in [0.05, 0.1) is 6.61 Å². The van der Waals surface area contributed by atoms with Crippen molar-refractivity contribution in [3.63, 3.8) is 0 Å². The van der Waals surface area contributed by atoms with Crippen LogP contribution in [0.1, 0.15) is 50.7 Å². The highest BCUT2D eigenvalue weighted by Crippen LogP contribution is 2.28. The minimum atomic E-state index is -0.245. The number of carbonyl (C=O) groups excluding carboxylic acids is 1. The molecule has 0 radical (unpaired) electrons. The summed E-state index contributed by atoms with van der Waals surface area (Å²) in [5, 5.41) is 15.6. The standard InChI is InChI=1S/C20H32N2O3/c1-15(2)18-6-4-17(5-7-18)12-16(3)22-19(24)21-13-20(14-23)8-10-25-11-9-20/h4-7,15-16,23H,8-14H2,1-3H3,(H2,21,22,24). The molecule has 2 rings (SSSR count). The van der Waals surface area contributed by atoms with Crippen LogP contribution in [-0.2, 0) is 11.2 Å². The molecule has 1 heterocycles. The molecular formula is C20H32N2O3. The van der Waals surface area contributed by atoms with Crippen LogP contribution in [0.15, 0.2) is 24.3 Å². The van der Waals surface area contributed by atoms with E-state index in [1.165, 1.54) is 11.1 Å². The van der Waals surface area contributed by atoms with E-state index in [2.05, 4.69) is 48.7 Å². The molecule has 0 aromatic heterocycles. The van der Waals surface area contributed by atoms with Gasteiger partial charge in [-0.3, -0.25) is 0 Å². The van der Waals surface area contributed by atoms with Crippen molar-refractivity contribution in [1.82, 2.24) is 10.6 Å². The van der Waals surface area contributed by atoms with Gasteiger partial charge in [-0.1, -0.05) is 38.1 Å². The quantitative estimate of drug-likeness (QED) is 0.710. The van der Waals surface area contributed by atoms with Gasteiger partial charge in [-0.25, -0.2) is 4.79 Å². The van der Waals surface area contributed by atoms with Gasteiger partial charge in [0.25, 0.3) is 0 Å². The van der Waals surface area contributed by atoms with Crippen LogP contribution in [0.5, 0.6) is 0 Å². The zero-order valence-corrected chi connectivity index (χ0v) is 15.7. The first kappa shape index (κ1) is 19.7. The lowest BCUT2D eigenvalue weighted by Crippen LogP contribution is -2.48. The normalized spacial score (nSPS) is 18.0. The summed E-state index contributed by atoms with van der Waals surface area (Å²) in [6, 6.07) is 8.45. The largest absolute Gasteiger partial charge is 0.396 e. The summed E-state index contributed by atoms with van der Waals surface area (Å²) in [6.45, 7) is 8.22. The van der Waals surface area contributed by atoms with E-state index >= 15 is 0 Å². The van der Waals surface area contributed by atoms with Gasteiger partial charge in [0.2, 0.25) is 0 Å². The maximum absolute atomic E-state index is 12.2. The van der Waals surface area contributed by atoms with Gasteiger partial charge < -0.3 is 20.5 Å². The molecule has 1 unspecified atom stereocenters. The fourth-order valence-corrected chi connectivity index (χ4v) is 3.18. The van der Waals surface area contributed by atoms with Crippen molar-refractivity contribution < 1.29 is 14.6 Å². The number of urea groups is 1. The van der Waals surface area contributed by atoms with Crippen molar-refractivity contribution in [1.29, 1.82) is 0 Å². The Bertz CT molecular complexity index is 536. The molecule has 5 heteroatoms. The maximum atomic E-state index is 12.2. The summed E-state index contributed by atoms with van der Waals surface area (Å²) in [4.78, 5) is 12.2. The molecular weight excluding hydrogens is 316 g/mol. The van der Waals surface area contributed by atoms with E-state index in [9.17, 15) is 9.90 Å². The smallest absolute Gasteiger partial charge is 0.315 e. The Kier molecular flexibility index (Phi) is 7.26. The maximum Gasteiger partial charge on any atom is 0.315 e. The Hall–Kier alpha value is -1.59. The van der Waals surface area contributed by atoms with E-state index in [-0.39, 0.29) is 24.1 Å². The molecule has 1 aromatic carbocycles. The van der Waals surface area contributed by atoms with E-state index in [0.717, 1.165) is 19.3 Å². The van der Waals surface area contributed by atoms with Crippen LogP contribution in [0, 0.1) is 5.41 Å². The van der Waals surface area contributed by atoms with Crippen LogP contribution in [0.25, 0.3) is 0 Å². The Morgan fingerprint density at radius 2 is 1.84 bits per heavy atom. The lowest BCUT2D eigenvalue weighted by molar-refractivity contribution is -0.0139. The molecule has 0 spiro atoms. The number of hydrogen-bond donors (Lipinski definition) is 3. The van der Waals surface area contributed by atoms with Gasteiger partial charge in [0, 0.05) is 31.2 Å². The molecule has 0 bridgehead atoms. The summed E-state index contributed by atoms with van der Waals surface area (Å²) in [5.74, 6) is 0.527. The third-order valence-electron chi connectivity index (χ3n) is 5.08. The molecule has 25 heavy (non-hydrogen) atoms. The number of aliphatic hydroxyl groups excluding tert-OH is 1. The predicted molar refractivity (Wildman–Crippen MR) is 99.8 cm³/mol. The Morgan fingerprint density at radius 3 is 2.40 bits per heavy atom. The van der Waals surface area contributed by atoms with Crippen LogP contribution in [0.2, 0.25) is 0 Å². The number of rotatable bonds is 7. The molecule has 1 aliphatic heterocycles. The second-order valence-corrected chi connectivity index (χ2v) is 7.60. The zero-order valence-electron chi connectivity index (χ0n) is 15.7. The average molecular weight is 348 g/mol.